The topological polar surface area (TPSA) is 90.7 Å². The van der Waals surface area contributed by atoms with Crippen LogP contribution in [0.15, 0.2) is 41.2 Å². The minimum absolute atomic E-state index is 0.00896. The van der Waals surface area contributed by atoms with Crippen LogP contribution in [-0.4, -0.2) is 64.4 Å². The number of benzene rings is 2. The second-order valence-corrected chi connectivity index (χ2v) is 9.33. The Bertz CT molecular complexity index is 1450. The van der Waals surface area contributed by atoms with Crippen LogP contribution in [0, 0.1) is 0 Å². The van der Waals surface area contributed by atoms with Gasteiger partial charge in [-0.05, 0) is 31.2 Å². The summed E-state index contributed by atoms with van der Waals surface area (Å²) < 4.78 is 80.8. The number of hydrogen-bond acceptors (Lipinski definition) is 6. The van der Waals surface area contributed by atoms with E-state index in [4.69, 9.17) is 0 Å². The molecule has 210 valence electrons. The lowest BCUT2D eigenvalue weighted by Gasteiger charge is -2.36. The Morgan fingerprint density at radius 3 is 2.31 bits per heavy atom. The molecule has 0 saturated carbocycles. The van der Waals surface area contributed by atoms with E-state index in [0.717, 1.165) is 16.7 Å². The number of para-hydroxylation sites is 1. The van der Waals surface area contributed by atoms with Gasteiger partial charge in [-0.1, -0.05) is 12.1 Å². The van der Waals surface area contributed by atoms with Crippen molar-refractivity contribution < 1.29 is 36.2 Å². The second-order valence-electron chi connectivity index (χ2n) is 9.33. The molecule has 1 atom stereocenters. The van der Waals surface area contributed by atoms with Gasteiger partial charge in [-0.25, -0.2) is 9.78 Å². The van der Waals surface area contributed by atoms with Crippen LogP contribution in [0.2, 0.25) is 0 Å². The van der Waals surface area contributed by atoms with Crippen LogP contribution < -0.4 is 15.8 Å². The number of alkyl halides is 6. The Kier molecular flexibility index (Phi) is 7.52. The first-order valence-electron chi connectivity index (χ1n) is 11.9. The normalized spacial score (nSPS) is 15.9. The highest BCUT2D eigenvalue weighted by atomic mass is 19.4. The summed E-state index contributed by atoms with van der Waals surface area (Å²) in [7, 11) is 1.34. The van der Waals surface area contributed by atoms with Crippen molar-refractivity contribution in [2.45, 2.75) is 25.3 Å². The number of fused-ring (bicyclic) bond motifs is 1. The molecule has 39 heavy (non-hydrogen) atoms. The van der Waals surface area contributed by atoms with Crippen LogP contribution in [0.1, 0.15) is 34.5 Å². The van der Waals surface area contributed by atoms with Crippen molar-refractivity contribution in [1.29, 1.82) is 0 Å². The summed E-state index contributed by atoms with van der Waals surface area (Å²) in [5.41, 5.74) is -1.77. The van der Waals surface area contributed by atoms with Crippen LogP contribution >= 0.6 is 0 Å². The van der Waals surface area contributed by atoms with Crippen molar-refractivity contribution in [3.05, 3.63) is 63.4 Å². The Balaban J connectivity index is 1.79. The van der Waals surface area contributed by atoms with E-state index in [-0.39, 0.29) is 59.8 Å². The average Bonchev–Trinajstić information content (AvgIpc) is 2.84. The molecule has 8 nitrogen and oxygen atoms in total. The van der Waals surface area contributed by atoms with E-state index in [1.807, 2.05) is 0 Å². The number of carbonyl (C=O) groups is 1. The van der Waals surface area contributed by atoms with Gasteiger partial charge in [0.1, 0.15) is 0 Å². The van der Waals surface area contributed by atoms with Gasteiger partial charge in [0.15, 0.2) is 0 Å². The lowest BCUT2D eigenvalue weighted by atomic mass is 9.99. The fraction of sp³-hybridized carbons (Fsp3) is 0.400. The SMILES string of the molecule is CC(Nc1ccccc1C(=O)O)c1cc(C(F)(F)F)cc2c(=O)n(C)c(N3CCN(CC(F)(F)F)CC3)nc12. The standard InChI is InChI=1S/C25H25F6N5O3/c1-14(32-19-6-4-3-5-16(19)22(38)39)17-11-15(25(29,30)31)12-18-20(17)33-23(34(2)21(18)37)36-9-7-35(8-10-36)13-24(26,27)28/h3-6,11-12,14,32H,7-10,13H2,1-2H3,(H,38,39). The van der Waals surface area contributed by atoms with Crippen molar-refractivity contribution in [1.82, 2.24) is 14.5 Å². The van der Waals surface area contributed by atoms with Crippen molar-refractivity contribution >= 4 is 28.5 Å². The minimum atomic E-state index is -4.78. The molecule has 2 N–H and O–H groups in total. The Morgan fingerprint density at radius 2 is 1.72 bits per heavy atom. The maximum absolute atomic E-state index is 13.8. The number of hydrogen-bond donors (Lipinski definition) is 2. The van der Waals surface area contributed by atoms with E-state index in [9.17, 15) is 41.0 Å². The lowest BCUT2D eigenvalue weighted by Crippen LogP contribution is -2.50. The predicted octanol–water partition coefficient (Wildman–Crippen LogP) is 4.51. The molecule has 0 spiro atoms. The summed E-state index contributed by atoms with van der Waals surface area (Å²) in [5, 5.41) is 12.1. The van der Waals surface area contributed by atoms with Gasteiger partial charge >= 0.3 is 18.3 Å². The third-order valence-electron chi connectivity index (χ3n) is 6.57. The van der Waals surface area contributed by atoms with Gasteiger partial charge in [0.2, 0.25) is 5.95 Å². The minimum Gasteiger partial charge on any atom is -0.478 e. The number of rotatable bonds is 6. The first-order valence-corrected chi connectivity index (χ1v) is 11.9. The van der Waals surface area contributed by atoms with Gasteiger partial charge in [-0.15, -0.1) is 0 Å². The lowest BCUT2D eigenvalue weighted by molar-refractivity contribution is -0.146. The highest BCUT2D eigenvalue weighted by molar-refractivity contribution is 5.94. The molecular weight excluding hydrogens is 532 g/mol. The molecule has 14 heteroatoms. The van der Waals surface area contributed by atoms with E-state index in [1.165, 1.54) is 37.1 Å². The second kappa shape index (κ2) is 10.4. The van der Waals surface area contributed by atoms with Gasteiger partial charge in [0, 0.05) is 44.5 Å². The third-order valence-corrected chi connectivity index (χ3v) is 6.57. The largest absolute Gasteiger partial charge is 0.478 e. The number of piperazine rings is 1. The Labute approximate surface area is 218 Å². The van der Waals surface area contributed by atoms with Gasteiger partial charge in [0.25, 0.3) is 5.56 Å². The van der Waals surface area contributed by atoms with Gasteiger partial charge in [-0.2, -0.15) is 26.3 Å². The molecule has 1 aliphatic rings. The first-order chi connectivity index (χ1) is 18.2. The number of anilines is 2. The van der Waals surface area contributed by atoms with Gasteiger partial charge in [0.05, 0.1) is 34.6 Å². The quantitative estimate of drug-likeness (QED) is 0.431. The monoisotopic (exact) mass is 557 g/mol. The summed E-state index contributed by atoms with van der Waals surface area (Å²) in [6.45, 7) is 0.794. The molecular formula is C25H25F6N5O3. The average molecular weight is 557 g/mol. The van der Waals surface area contributed by atoms with Crippen molar-refractivity contribution in [2.24, 2.45) is 7.05 Å². The molecule has 1 fully saturated rings. The van der Waals surface area contributed by atoms with Crippen LogP contribution in [-0.2, 0) is 13.2 Å². The number of halogens is 6. The molecule has 0 amide bonds. The Morgan fingerprint density at radius 1 is 1.08 bits per heavy atom. The van der Waals surface area contributed by atoms with E-state index >= 15 is 0 Å². The molecule has 0 aliphatic carbocycles. The molecule has 0 bridgehead atoms. The fourth-order valence-electron chi connectivity index (χ4n) is 4.63. The van der Waals surface area contributed by atoms with Crippen molar-refractivity contribution in [3.63, 3.8) is 0 Å². The van der Waals surface area contributed by atoms with Crippen LogP contribution in [0.3, 0.4) is 0 Å². The highest BCUT2D eigenvalue weighted by Crippen LogP contribution is 2.35. The molecule has 2 aromatic carbocycles. The number of aromatic carboxylic acids is 1. The summed E-state index contributed by atoms with van der Waals surface area (Å²) in [4.78, 5) is 32.3. The summed E-state index contributed by atoms with van der Waals surface area (Å²) >= 11 is 0. The van der Waals surface area contributed by atoms with Gasteiger partial charge < -0.3 is 15.3 Å². The number of carboxylic acids is 1. The summed E-state index contributed by atoms with van der Waals surface area (Å²) in [6.07, 6.45) is -9.14. The number of carboxylic acid groups (broad SMARTS) is 1. The van der Waals surface area contributed by atoms with Crippen LogP contribution in [0.4, 0.5) is 38.0 Å². The number of nitrogens with one attached hydrogen (secondary N) is 1. The molecule has 3 aromatic rings. The fourth-order valence-corrected chi connectivity index (χ4v) is 4.63. The number of nitrogens with zero attached hydrogens (tertiary/aromatic N) is 4. The molecule has 4 rings (SSSR count). The molecule has 1 aliphatic heterocycles. The van der Waals surface area contributed by atoms with E-state index in [1.54, 1.807) is 11.0 Å². The highest BCUT2D eigenvalue weighted by Gasteiger charge is 2.35. The van der Waals surface area contributed by atoms with Crippen LogP contribution in [0.5, 0.6) is 0 Å². The zero-order chi connectivity index (χ0) is 28.7. The maximum Gasteiger partial charge on any atom is 0.416 e. The molecule has 1 aromatic heterocycles. The molecule has 0 radical (unpaired) electrons. The maximum atomic E-state index is 13.8. The summed E-state index contributed by atoms with van der Waals surface area (Å²) in [6, 6.07) is 6.55. The van der Waals surface area contributed by atoms with E-state index < -0.39 is 42.0 Å². The molecule has 1 unspecified atom stereocenters. The first kappa shape index (κ1) is 28.2. The van der Waals surface area contributed by atoms with E-state index in [2.05, 4.69) is 10.3 Å². The van der Waals surface area contributed by atoms with Crippen LogP contribution in [0.25, 0.3) is 10.9 Å². The summed E-state index contributed by atoms with van der Waals surface area (Å²) in [5.74, 6) is -1.13. The van der Waals surface area contributed by atoms with Gasteiger partial charge in [-0.3, -0.25) is 14.3 Å². The molecule has 1 saturated heterocycles. The smallest absolute Gasteiger partial charge is 0.416 e. The predicted molar refractivity (Wildman–Crippen MR) is 132 cm³/mol. The number of aromatic nitrogens is 2. The van der Waals surface area contributed by atoms with Crippen molar-refractivity contribution in [3.8, 4) is 0 Å². The van der Waals surface area contributed by atoms with Crippen molar-refractivity contribution in [2.75, 3.05) is 42.9 Å². The zero-order valence-electron chi connectivity index (χ0n) is 20.9. The third kappa shape index (κ3) is 6.10. The molecule has 2 heterocycles. The Hall–Kier alpha value is -3.81. The zero-order valence-corrected chi connectivity index (χ0v) is 20.9. The van der Waals surface area contributed by atoms with E-state index in [0.29, 0.717) is 0 Å².